The number of hydrogen-bond acceptors (Lipinski definition) is 3. The van der Waals surface area contributed by atoms with Crippen LogP contribution in [0.4, 0.5) is 0 Å². The minimum atomic E-state index is -0.726. The molecule has 4 heteroatoms. The molecule has 0 aliphatic rings. The van der Waals surface area contributed by atoms with Crippen molar-refractivity contribution in [1.29, 1.82) is 0 Å². The van der Waals surface area contributed by atoms with Crippen molar-refractivity contribution in [3.8, 4) is 0 Å². The Kier molecular flexibility index (Phi) is 8.17. The molecule has 4 nitrogen and oxygen atoms in total. The molecule has 0 spiro atoms. The van der Waals surface area contributed by atoms with E-state index in [4.69, 9.17) is 5.73 Å². The van der Waals surface area contributed by atoms with Crippen molar-refractivity contribution in [1.82, 2.24) is 10.2 Å². The fourth-order valence-electron chi connectivity index (χ4n) is 1.91. The molecule has 0 aliphatic heterocycles. The van der Waals surface area contributed by atoms with Gasteiger partial charge in [-0.2, -0.15) is 0 Å². The van der Waals surface area contributed by atoms with E-state index < -0.39 is 5.54 Å². The van der Waals surface area contributed by atoms with Gasteiger partial charge in [0.1, 0.15) is 0 Å². The van der Waals surface area contributed by atoms with Crippen molar-refractivity contribution in [3.63, 3.8) is 0 Å². The van der Waals surface area contributed by atoms with Crippen LogP contribution in [-0.2, 0) is 4.79 Å². The minimum Gasteiger partial charge on any atom is -0.353 e. The van der Waals surface area contributed by atoms with E-state index in [0.717, 1.165) is 38.9 Å². The quantitative estimate of drug-likeness (QED) is 0.643. The van der Waals surface area contributed by atoms with Gasteiger partial charge in [0.15, 0.2) is 0 Å². The Bertz CT molecular complexity index is 217. The first-order valence-electron chi connectivity index (χ1n) is 6.77. The highest BCUT2D eigenvalue weighted by atomic mass is 16.2. The fraction of sp³-hybridized carbons (Fsp3) is 0.923. The van der Waals surface area contributed by atoms with Gasteiger partial charge >= 0.3 is 0 Å². The lowest BCUT2D eigenvalue weighted by Gasteiger charge is -2.24. The number of carbonyl (C=O) groups is 1. The number of hydrogen-bond donors (Lipinski definition) is 2. The van der Waals surface area contributed by atoms with Crippen LogP contribution < -0.4 is 11.1 Å². The molecule has 0 aromatic carbocycles. The summed E-state index contributed by atoms with van der Waals surface area (Å²) in [5.41, 5.74) is 5.23. The Balaban J connectivity index is 3.91. The largest absolute Gasteiger partial charge is 0.353 e. The molecule has 0 rings (SSSR count). The van der Waals surface area contributed by atoms with Gasteiger partial charge in [0.25, 0.3) is 0 Å². The summed E-state index contributed by atoms with van der Waals surface area (Å²) in [4.78, 5) is 14.2. The van der Waals surface area contributed by atoms with Crippen molar-refractivity contribution < 1.29 is 4.79 Å². The maximum Gasteiger partial charge on any atom is 0.239 e. The first kappa shape index (κ1) is 16.4. The summed E-state index contributed by atoms with van der Waals surface area (Å²) in [5.74, 6) is -0.0353. The molecule has 0 fully saturated rings. The van der Waals surface area contributed by atoms with Crippen molar-refractivity contribution >= 4 is 5.91 Å². The molecule has 0 aliphatic carbocycles. The van der Waals surface area contributed by atoms with E-state index in [1.807, 2.05) is 6.92 Å². The zero-order valence-corrected chi connectivity index (χ0v) is 11.9. The molecule has 0 aromatic rings. The van der Waals surface area contributed by atoms with E-state index >= 15 is 0 Å². The molecule has 102 valence electrons. The fourth-order valence-corrected chi connectivity index (χ4v) is 1.91. The zero-order valence-electron chi connectivity index (χ0n) is 11.9. The second-order valence-corrected chi connectivity index (χ2v) is 4.86. The van der Waals surface area contributed by atoms with Crippen LogP contribution in [0.3, 0.4) is 0 Å². The van der Waals surface area contributed by atoms with Crippen LogP contribution in [0.2, 0.25) is 0 Å². The lowest BCUT2D eigenvalue weighted by molar-refractivity contribution is -0.126. The second kappa shape index (κ2) is 8.48. The molecule has 1 unspecified atom stereocenters. The summed E-state index contributed by atoms with van der Waals surface area (Å²) >= 11 is 0. The first-order valence-corrected chi connectivity index (χ1v) is 6.77. The van der Waals surface area contributed by atoms with Crippen LogP contribution in [0, 0.1) is 0 Å². The molecule has 0 saturated heterocycles. The smallest absolute Gasteiger partial charge is 0.239 e. The topological polar surface area (TPSA) is 58.4 Å². The molecule has 0 radical (unpaired) electrons. The molecule has 0 heterocycles. The van der Waals surface area contributed by atoms with E-state index in [2.05, 4.69) is 24.1 Å². The van der Waals surface area contributed by atoms with Crippen LogP contribution in [0.25, 0.3) is 0 Å². The number of likely N-dealkylation sites (N-methyl/N-ethyl adjacent to an activating group) is 1. The van der Waals surface area contributed by atoms with Crippen LogP contribution >= 0.6 is 0 Å². The molecule has 17 heavy (non-hydrogen) atoms. The van der Waals surface area contributed by atoms with E-state index in [0.29, 0.717) is 6.54 Å². The number of rotatable bonds is 9. The molecule has 3 N–H and O–H groups in total. The third kappa shape index (κ3) is 6.64. The number of nitrogens with zero attached hydrogens (tertiary/aromatic N) is 1. The Hall–Kier alpha value is -0.610. The van der Waals surface area contributed by atoms with Gasteiger partial charge < -0.3 is 16.0 Å². The van der Waals surface area contributed by atoms with Crippen LogP contribution in [0.5, 0.6) is 0 Å². The van der Waals surface area contributed by atoms with Crippen molar-refractivity contribution in [3.05, 3.63) is 0 Å². The van der Waals surface area contributed by atoms with Crippen LogP contribution in [0.1, 0.15) is 47.0 Å². The lowest BCUT2D eigenvalue weighted by Crippen LogP contribution is -2.52. The monoisotopic (exact) mass is 243 g/mol. The molecular weight excluding hydrogens is 214 g/mol. The Labute approximate surface area is 106 Å². The molecule has 1 atom stereocenters. The van der Waals surface area contributed by atoms with Gasteiger partial charge in [0, 0.05) is 13.1 Å². The van der Waals surface area contributed by atoms with Crippen LogP contribution in [0.15, 0.2) is 0 Å². The van der Waals surface area contributed by atoms with Crippen LogP contribution in [-0.4, -0.2) is 42.5 Å². The normalized spacial score (nSPS) is 14.7. The van der Waals surface area contributed by atoms with E-state index in [1.165, 1.54) is 0 Å². The Morgan fingerprint density at radius 2 is 1.88 bits per heavy atom. The second-order valence-electron chi connectivity index (χ2n) is 4.86. The van der Waals surface area contributed by atoms with Gasteiger partial charge in [-0.15, -0.1) is 0 Å². The summed E-state index contributed by atoms with van der Waals surface area (Å²) in [6.07, 6.45) is 2.80. The zero-order chi connectivity index (χ0) is 13.3. The van der Waals surface area contributed by atoms with Gasteiger partial charge in [-0.05, 0) is 32.9 Å². The predicted molar refractivity (Wildman–Crippen MR) is 72.9 cm³/mol. The number of amides is 1. The molecule has 0 bridgehead atoms. The SMILES string of the molecule is CCCN(CC)CCNC(=O)C(C)(N)CCC. The average molecular weight is 243 g/mol. The Morgan fingerprint density at radius 3 is 2.35 bits per heavy atom. The maximum atomic E-state index is 11.8. The standard InChI is InChI=1S/C13H29N3O/c1-5-8-13(4,14)12(17)15-9-11-16(7-3)10-6-2/h5-11,14H2,1-4H3,(H,15,17). The minimum absolute atomic E-state index is 0.0353. The number of carbonyl (C=O) groups excluding carboxylic acids is 1. The molecular formula is C13H29N3O. The number of nitrogens with two attached hydrogens (primary N) is 1. The van der Waals surface area contributed by atoms with Crippen molar-refractivity contribution in [2.45, 2.75) is 52.5 Å². The van der Waals surface area contributed by atoms with Gasteiger partial charge in [-0.25, -0.2) is 0 Å². The van der Waals surface area contributed by atoms with Gasteiger partial charge in [0.05, 0.1) is 5.54 Å². The highest BCUT2D eigenvalue weighted by Gasteiger charge is 2.26. The predicted octanol–water partition coefficient (Wildman–Crippen LogP) is 1.35. The Morgan fingerprint density at radius 1 is 1.24 bits per heavy atom. The summed E-state index contributed by atoms with van der Waals surface area (Å²) in [6, 6.07) is 0. The van der Waals surface area contributed by atoms with Crippen molar-refractivity contribution in [2.75, 3.05) is 26.2 Å². The highest BCUT2D eigenvalue weighted by molar-refractivity contribution is 5.85. The average Bonchev–Trinajstić information content (AvgIpc) is 2.27. The summed E-state index contributed by atoms with van der Waals surface area (Å²) < 4.78 is 0. The summed E-state index contributed by atoms with van der Waals surface area (Å²) in [7, 11) is 0. The summed E-state index contributed by atoms with van der Waals surface area (Å²) in [6.45, 7) is 11.8. The third-order valence-corrected chi connectivity index (χ3v) is 2.99. The maximum absolute atomic E-state index is 11.8. The molecule has 0 saturated carbocycles. The van der Waals surface area contributed by atoms with Gasteiger partial charge in [-0.1, -0.05) is 27.2 Å². The first-order chi connectivity index (χ1) is 7.97. The molecule has 0 aromatic heterocycles. The van der Waals surface area contributed by atoms with Gasteiger partial charge in [-0.3, -0.25) is 4.79 Å². The summed E-state index contributed by atoms with van der Waals surface area (Å²) in [5, 5.41) is 2.93. The number of nitrogens with one attached hydrogen (secondary N) is 1. The van der Waals surface area contributed by atoms with E-state index in [-0.39, 0.29) is 5.91 Å². The van der Waals surface area contributed by atoms with Gasteiger partial charge in [0.2, 0.25) is 5.91 Å². The lowest BCUT2D eigenvalue weighted by atomic mass is 9.97. The van der Waals surface area contributed by atoms with E-state index in [1.54, 1.807) is 6.92 Å². The highest BCUT2D eigenvalue weighted by Crippen LogP contribution is 2.07. The van der Waals surface area contributed by atoms with Crippen molar-refractivity contribution in [2.24, 2.45) is 5.73 Å². The molecule has 1 amide bonds. The van der Waals surface area contributed by atoms with E-state index in [9.17, 15) is 4.79 Å². The third-order valence-electron chi connectivity index (χ3n) is 2.99.